The molecule has 7 aromatic carbocycles. The number of ether oxygens (including phenoxy) is 1. The quantitative estimate of drug-likeness (QED) is 0.0304. The maximum Gasteiger partial charge on any atom is 1.00 e. The molecular weight excluding hydrogens is 1020 g/mol. The minimum Gasteiger partial charge on any atom is -0.793 e. The summed E-state index contributed by atoms with van der Waals surface area (Å²) >= 11 is 0. The van der Waals surface area contributed by atoms with Crippen LogP contribution < -0.4 is 56.5 Å². The molecular formula is C59H67BN3NaO13P. The molecule has 1 heterocycles. The summed E-state index contributed by atoms with van der Waals surface area (Å²) in [5.74, 6) is -1.56. The number of cyclic esters (lactones) is 1. The summed E-state index contributed by atoms with van der Waals surface area (Å²) in [5.41, 5.74) is 11.7. The number of aliphatic hydroxyl groups excluding tert-OH is 2. The summed E-state index contributed by atoms with van der Waals surface area (Å²) in [4.78, 5) is 69.4. The maximum atomic E-state index is 10.8. The molecule has 0 atom stereocenters. The number of benzene rings is 7. The summed E-state index contributed by atoms with van der Waals surface area (Å²) in [6, 6.07) is 62.2. The molecule has 1 amide bonds. The number of nitrogens with one attached hydrogen (secondary N) is 1. The molecule has 7 aromatic rings. The van der Waals surface area contributed by atoms with Crippen molar-refractivity contribution in [1.29, 1.82) is 0 Å². The molecule has 6 N–H and O–H groups in total. The van der Waals surface area contributed by atoms with Gasteiger partial charge in [0.1, 0.15) is 18.3 Å². The van der Waals surface area contributed by atoms with E-state index < -0.39 is 25.8 Å². The van der Waals surface area contributed by atoms with Gasteiger partial charge in [-0.15, -0.1) is 0 Å². The van der Waals surface area contributed by atoms with E-state index in [0.29, 0.717) is 18.8 Å². The molecule has 0 bridgehead atoms. The number of phenolic OH excluding ortho intramolecular Hbond substituents is 1. The number of amides is 1. The summed E-state index contributed by atoms with van der Waals surface area (Å²) in [6.45, 7) is 11.2. The Morgan fingerprint density at radius 2 is 0.936 bits per heavy atom. The molecule has 1 fully saturated rings. The second-order valence-corrected chi connectivity index (χ2v) is 18.0. The Kier molecular flexibility index (Phi) is 39.7. The van der Waals surface area contributed by atoms with Crippen LogP contribution in [0, 0.1) is 20.8 Å². The van der Waals surface area contributed by atoms with Gasteiger partial charge in [-0.25, -0.2) is 24.2 Å². The number of nitrogens with zero attached hydrogens (tertiary/aromatic N) is 1. The van der Waals surface area contributed by atoms with Crippen molar-refractivity contribution in [3.05, 3.63) is 227 Å². The molecule has 78 heavy (non-hydrogen) atoms. The third-order valence-corrected chi connectivity index (χ3v) is 11.8. The Hall–Kier alpha value is -7.31. The number of phenols is 1. The molecule has 3 radical (unpaired) electrons. The zero-order valence-electron chi connectivity index (χ0n) is 45.1. The SMILES string of the molecule is CC(=O)OOC(C)=O.Cc1ccc(C=O)cc1.Cc1ccc(CN2COC2=O)cc1.Cc1ccc(CNCO)cc1.NCO.O=Cc1ccc(O)cc1.[B-]OC(C)=O.[Na+].c1ccc(P(c2ccccc2)c2ccccc2)cc1. The van der Waals surface area contributed by atoms with Crippen LogP contribution in [-0.2, 0) is 46.6 Å². The molecule has 0 aromatic heterocycles. The van der Waals surface area contributed by atoms with Crippen molar-refractivity contribution in [3.8, 4) is 5.75 Å². The molecule has 16 nitrogen and oxygen atoms in total. The molecule has 0 unspecified atom stereocenters. The van der Waals surface area contributed by atoms with Crippen molar-refractivity contribution >= 4 is 68.5 Å². The van der Waals surface area contributed by atoms with Gasteiger partial charge in [-0.3, -0.25) is 24.6 Å². The van der Waals surface area contributed by atoms with E-state index in [9.17, 15) is 28.8 Å². The number of carbonyl (C=O) groups is 6. The zero-order valence-corrected chi connectivity index (χ0v) is 48.0. The van der Waals surface area contributed by atoms with E-state index >= 15 is 0 Å². The molecule has 1 aliphatic rings. The first-order chi connectivity index (χ1) is 37.0. The molecule has 1 saturated heterocycles. The largest absolute Gasteiger partial charge is 1.00 e. The Balaban J connectivity index is 0.000000907. The predicted molar refractivity (Wildman–Crippen MR) is 301 cm³/mol. The van der Waals surface area contributed by atoms with Gasteiger partial charge in [0.05, 0.1) is 20.0 Å². The van der Waals surface area contributed by atoms with Gasteiger partial charge >= 0.3 is 47.6 Å². The van der Waals surface area contributed by atoms with Crippen molar-refractivity contribution in [2.45, 2.75) is 54.6 Å². The summed E-state index contributed by atoms with van der Waals surface area (Å²) in [5, 5.41) is 31.6. The predicted octanol–water partition coefficient (Wildman–Crippen LogP) is 4.96. The number of carbonyl (C=O) groups excluding carboxylic acids is 6. The van der Waals surface area contributed by atoms with Crippen LogP contribution in [0.5, 0.6) is 5.75 Å². The molecule has 1 aliphatic heterocycles. The van der Waals surface area contributed by atoms with Crippen LogP contribution in [0.25, 0.3) is 0 Å². The van der Waals surface area contributed by atoms with Crippen LogP contribution in [0.3, 0.4) is 0 Å². The van der Waals surface area contributed by atoms with Gasteiger partial charge < -0.3 is 38.5 Å². The van der Waals surface area contributed by atoms with Crippen molar-refractivity contribution in [2.24, 2.45) is 5.73 Å². The van der Waals surface area contributed by atoms with Crippen LogP contribution in [0.15, 0.2) is 188 Å². The standard InChI is InChI=1S/C18H15P.C10H11NO2.C9H13NO.C8H8O.C7H6O2.C4H6O4.C2H3BO2.CH5NO.Na/c1-4-10-16(11-5-1)19(17-12-6-2-7-13-17)18-14-8-3-9-15-18;1-8-2-4-9(5-3-8)6-11-7-13-10(11)12;1-8-2-4-9(5-3-8)6-10-7-11;1-7-2-4-8(6-9)5-3-7;8-5-6-1-3-7(9)4-2-6;1-3(5)7-8-4(2)6;1-2(4)5-3;2-1-3;/h1-15H;2-5H,6-7H2,1H3;2-5,10-11H,6-7H2,1H3;2-6H,1H3;1-5,9H;1-2H3;1H3;3H,1-2H2;/q;;;;;;-1;;+1. The minimum atomic E-state index is -0.639. The van der Waals surface area contributed by atoms with Crippen LogP contribution in [0.1, 0.15) is 69.3 Å². The minimum absolute atomic E-state index is 0. The first-order valence-electron chi connectivity index (χ1n) is 23.6. The second-order valence-electron chi connectivity index (χ2n) is 15.8. The average Bonchev–Trinajstić information content (AvgIpc) is 3.44. The number of aromatic hydroxyl groups is 1. The zero-order chi connectivity index (χ0) is 57.2. The Morgan fingerprint density at radius 3 is 1.22 bits per heavy atom. The van der Waals surface area contributed by atoms with Crippen LogP contribution in [0.2, 0.25) is 0 Å². The number of aliphatic hydroxyl groups is 2. The van der Waals surface area contributed by atoms with Crippen LogP contribution in [-0.4, -0.2) is 85.0 Å². The van der Waals surface area contributed by atoms with Gasteiger partial charge in [-0.2, -0.15) is 0 Å². The normalized spacial score (nSPS) is 10.0. The number of hydrogen-bond donors (Lipinski definition) is 5. The third-order valence-electron chi connectivity index (χ3n) is 9.39. The van der Waals surface area contributed by atoms with E-state index in [1.54, 1.807) is 17.0 Å². The number of aldehydes is 2. The van der Waals surface area contributed by atoms with E-state index in [4.69, 9.17) is 15.3 Å². The maximum absolute atomic E-state index is 10.8. The number of aryl methyl sites for hydroxylation is 3. The van der Waals surface area contributed by atoms with Gasteiger partial charge in [-0.1, -0.05) is 180 Å². The molecule has 8 rings (SSSR count). The fraction of sp³-hybridized carbons (Fsp3) is 0.186. The number of rotatable bonds is 10. The van der Waals surface area contributed by atoms with E-state index in [0.717, 1.165) is 44.1 Å². The number of hydrogen-bond acceptors (Lipinski definition) is 15. The molecule has 0 spiro atoms. The van der Waals surface area contributed by atoms with Gasteiger partial charge in [0.15, 0.2) is 6.73 Å². The number of nitrogens with two attached hydrogens (primary N) is 1. The third kappa shape index (κ3) is 33.7. The monoisotopic (exact) mass is 1090 g/mol. The van der Waals surface area contributed by atoms with E-state index in [1.807, 2.05) is 62.4 Å². The molecule has 405 valence electrons. The van der Waals surface area contributed by atoms with Crippen LogP contribution in [0.4, 0.5) is 4.79 Å². The Bertz CT molecular complexity index is 2560. The van der Waals surface area contributed by atoms with E-state index in [1.165, 1.54) is 57.2 Å². The van der Waals surface area contributed by atoms with Gasteiger partial charge in [-0.05, 0) is 80.0 Å². The molecule has 0 aliphatic carbocycles. The smallest absolute Gasteiger partial charge is 0.793 e. The first-order valence-corrected chi connectivity index (χ1v) is 24.9. The molecule has 19 heteroatoms. The molecule has 0 saturated carbocycles. The second kappa shape index (κ2) is 43.8. The summed E-state index contributed by atoms with van der Waals surface area (Å²) in [6.07, 6.45) is 1.36. The van der Waals surface area contributed by atoms with Crippen molar-refractivity contribution in [1.82, 2.24) is 10.2 Å². The van der Waals surface area contributed by atoms with Gasteiger partial charge in [0.25, 0.3) is 0 Å². The Labute approximate surface area is 481 Å². The van der Waals surface area contributed by atoms with Crippen molar-refractivity contribution in [3.63, 3.8) is 0 Å². The Morgan fingerprint density at radius 1 is 0.603 bits per heavy atom. The van der Waals surface area contributed by atoms with Gasteiger partial charge in [0.2, 0.25) is 5.97 Å². The van der Waals surface area contributed by atoms with Crippen molar-refractivity contribution in [2.75, 3.05) is 20.2 Å². The topological polar surface area (TPSA) is 241 Å². The van der Waals surface area contributed by atoms with E-state index in [-0.39, 0.29) is 54.9 Å². The summed E-state index contributed by atoms with van der Waals surface area (Å²) < 4.78 is 8.24. The van der Waals surface area contributed by atoms with Gasteiger partial charge in [0, 0.05) is 38.4 Å². The average molecular weight is 1090 g/mol. The summed E-state index contributed by atoms with van der Waals surface area (Å²) in [7, 11) is 3.88. The van der Waals surface area contributed by atoms with E-state index in [2.05, 4.69) is 160 Å². The fourth-order valence-corrected chi connectivity index (χ4v) is 7.94. The first kappa shape index (κ1) is 70.7. The van der Waals surface area contributed by atoms with Crippen LogP contribution >= 0.6 is 7.92 Å². The van der Waals surface area contributed by atoms with Crippen molar-refractivity contribution < 1.29 is 92.8 Å². The fourth-order valence-electron chi connectivity index (χ4n) is 5.63.